The molecule has 16 heavy (non-hydrogen) atoms. The minimum Gasteiger partial charge on any atom is -0.294 e. The molecular weight excluding hydrogens is 264 g/mol. The molecule has 0 fully saturated rings. The van der Waals surface area contributed by atoms with Crippen LogP contribution in [0.2, 0.25) is 0 Å². The Morgan fingerprint density at radius 3 is 2.88 bits per heavy atom. The Morgan fingerprint density at radius 1 is 1.25 bits per heavy atom. The molecule has 82 valence electrons. The van der Waals surface area contributed by atoms with Crippen LogP contribution in [-0.2, 0) is 6.42 Å². The Hall–Kier alpha value is -0.890. The quantitative estimate of drug-likeness (QED) is 0.657. The van der Waals surface area contributed by atoms with Crippen molar-refractivity contribution in [3.05, 3.63) is 46.0 Å². The molecule has 0 radical (unpaired) electrons. The highest BCUT2D eigenvalue weighted by molar-refractivity contribution is 9.10. The van der Waals surface area contributed by atoms with E-state index < -0.39 is 0 Å². The molecule has 0 saturated carbocycles. The highest BCUT2D eigenvalue weighted by Crippen LogP contribution is 2.45. The predicted molar refractivity (Wildman–Crippen MR) is 67.6 cm³/mol. The first-order valence-corrected chi connectivity index (χ1v) is 6.49. The summed E-state index contributed by atoms with van der Waals surface area (Å²) in [5.74, 6) is 0.355. The number of carbonyl (C=O) groups excluding carboxylic acids is 1. The number of halogens is 1. The van der Waals surface area contributed by atoms with Gasteiger partial charge in [-0.1, -0.05) is 34.1 Å². The fourth-order valence-corrected chi connectivity index (χ4v) is 3.26. The van der Waals surface area contributed by atoms with Gasteiger partial charge in [-0.25, -0.2) is 0 Å². The monoisotopic (exact) mass is 276 g/mol. The van der Waals surface area contributed by atoms with Crippen LogP contribution in [0, 0.1) is 5.41 Å². The third kappa shape index (κ3) is 1.40. The number of carbonyl (C=O) groups is 1. The second-order valence-electron chi connectivity index (χ2n) is 4.80. The van der Waals surface area contributed by atoms with Crippen molar-refractivity contribution in [2.45, 2.75) is 25.7 Å². The standard InChI is InChI=1S/C14H13BrO/c15-11-5-4-10-9-14(6-2-1-3-7-14)13(16)12(10)8-11/h1-2,4-5,8H,3,6-7,9H2. The predicted octanol–water partition coefficient (Wildman–Crippen LogP) is 3.91. The summed E-state index contributed by atoms with van der Waals surface area (Å²) in [7, 11) is 0. The van der Waals surface area contributed by atoms with Crippen LogP contribution in [0.3, 0.4) is 0 Å². The summed E-state index contributed by atoms with van der Waals surface area (Å²) in [6, 6.07) is 6.10. The van der Waals surface area contributed by atoms with E-state index in [1.807, 2.05) is 12.1 Å². The van der Waals surface area contributed by atoms with E-state index in [1.165, 1.54) is 5.56 Å². The number of hydrogen-bond donors (Lipinski definition) is 0. The molecule has 0 amide bonds. The lowest BCUT2D eigenvalue weighted by Gasteiger charge is -2.28. The molecule has 1 aromatic rings. The van der Waals surface area contributed by atoms with Crippen LogP contribution in [0.5, 0.6) is 0 Å². The molecule has 1 unspecified atom stereocenters. The van der Waals surface area contributed by atoms with Crippen molar-refractivity contribution < 1.29 is 4.79 Å². The number of fused-ring (bicyclic) bond motifs is 1. The first-order valence-electron chi connectivity index (χ1n) is 5.70. The third-order valence-electron chi connectivity index (χ3n) is 3.79. The Morgan fingerprint density at radius 2 is 2.12 bits per heavy atom. The van der Waals surface area contributed by atoms with E-state index in [4.69, 9.17) is 0 Å². The van der Waals surface area contributed by atoms with Crippen LogP contribution in [0.25, 0.3) is 0 Å². The van der Waals surface area contributed by atoms with Crippen molar-refractivity contribution in [1.82, 2.24) is 0 Å². The Kier molecular flexibility index (Phi) is 2.28. The molecule has 2 aliphatic rings. The van der Waals surface area contributed by atoms with Crippen molar-refractivity contribution in [1.29, 1.82) is 0 Å². The second-order valence-corrected chi connectivity index (χ2v) is 5.72. The Labute approximate surface area is 104 Å². The van der Waals surface area contributed by atoms with Gasteiger partial charge in [0.25, 0.3) is 0 Å². The maximum Gasteiger partial charge on any atom is 0.169 e. The van der Waals surface area contributed by atoms with E-state index in [1.54, 1.807) is 0 Å². The largest absolute Gasteiger partial charge is 0.294 e. The average molecular weight is 277 g/mol. The van der Waals surface area contributed by atoms with E-state index in [0.29, 0.717) is 5.78 Å². The molecule has 1 spiro atoms. The van der Waals surface area contributed by atoms with E-state index >= 15 is 0 Å². The Balaban J connectivity index is 2.06. The summed E-state index contributed by atoms with van der Waals surface area (Å²) in [5.41, 5.74) is 2.05. The summed E-state index contributed by atoms with van der Waals surface area (Å²) in [4.78, 5) is 12.5. The zero-order valence-corrected chi connectivity index (χ0v) is 10.6. The van der Waals surface area contributed by atoms with Gasteiger partial charge < -0.3 is 0 Å². The van der Waals surface area contributed by atoms with Crippen LogP contribution in [0.4, 0.5) is 0 Å². The second kappa shape index (κ2) is 3.56. The van der Waals surface area contributed by atoms with Crippen molar-refractivity contribution in [2.24, 2.45) is 5.41 Å². The Bertz CT molecular complexity index is 490. The van der Waals surface area contributed by atoms with Gasteiger partial charge in [0.2, 0.25) is 0 Å². The normalized spacial score (nSPS) is 27.4. The van der Waals surface area contributed by atoms with Crippen molar-refractivity contribution >= 4 is 21.7 Å². The van der Waals surface area contributed by atoms with Crippen LogP contribution in [0.15, 0.2) is 34.8 Å². The molecule has 2 heteroatoms. The molecule has 2 aliphatic carbocycles. The van der Waals surface area contributed by atoms with Crippen molar-refractivity contribution in [3.8, 4) is 0 Å². The maximum absolute atomic E-state index is 12.5. The van der Waals surface area contributed by atoms with E-state index in [-0.39, 0.29) is 5.41 Å². The lowest BCUT2D eigenvalue weighted by molar-refractivity contribution is 0.0803. The molecule has 0 aromatic heterocycles. The summed E-state index contributed by atoms with van der Waals surface area (Å²) in [6.45, 7) is 0. The summed E-state index contributed by atoms with van der Waals surface area (Å²) in [6.07, 6.45) is 8.26. The van der Waals surface area contributed by atoms with Crippen LogP contribution < -0.4 is 0 Å². The number of ketones is 1. The number of hydrogen-bond acceptors (Lipinski definition) is 1. The molecule has 0 bridgehead atoms. The zero-order valence-electron chi connectivity index (χ0n) is 9.00. The molecule has 3 rings (SSSR count). The minimum atomic E-state index is -0.113. The number of benzene rings is 1. The van der Waals surface area contributed by atoms with Gasteiger partial charge in [-0.15, -0.1) is 0 Å². The van der Waals surface area contributed by atoms with E-state index in [2.05, 4.69) is 34.1 Å². The molecule has 1 atom stereocenters. The number of Topliss-reactive ketones (excluding diaryl/α,β-unsaturated/α-hetero) is 1. The van der Waals surface area contributed by atoms with Crippen LogP contribution in [-0.4, -0.2) is 5.78 Å². The molecule has 0 aliphatic heterocycles. The summed E-state index contributed by atoms with van der Waals surface area (Å²) >= 11 is 3.44. The lowest BCUT2D eigenvalue weighted by atomic mass is 9.74. The van der Waals surface area contributed by atoms with Gasteiger partial charge in [0, 0.05) is 15.5 Å². The maximum atomic E-state index is 12.5. The highest BCUT2D eigenvalue weighted by atomic mass is 79.9. The molecule has 1 nitrogen and oxygen atoms in total. The summed E-state index contributed by atoms with van der Waals surface area (Å²) in [5, 5.41) is 0. The number of allylic oxidation sites excluding steroid dienone is 2. The topological polar surface area (TPSA) is 17.1 Å². The number of rotatable bonds is 0. The fourth-order valence-electron chi connectivity index (χ4n) is 2.90. The summed E-state index contributed by atoms with van der Waals surface area (Å²) < 4.78 is 1.00. The zero-order chi connectivity index (χ0) is 11.2. The average Bonchev–Trinajstić information content (AvgIpc) is 2.55. The molecule has 0 heterocycles. The van der Waals surface area contributed by atoms with E-state index in [9.17, 15) is 4.79 Å². The SMILES string of the molecule is O=C1c2cc(Br)ccc2CC12CC=CCC2. The molecule has 1 aromatic carbocycles. The lowest BCUT2D eigenvalue weighted by Crippen LogP contribution is -2.28. The van der Waals surface area contributed by atoms with Gasteiger partial charge >= 0.3 is 0 Å². The van der Waals surface area contributed by atoms with Crippen LogP contribution >= 0.6 is 15.9 Å². The van der Waals surface area contributed by atoms with Crippen LogP contribution in [0.1, 0.15) is 35.2 Å². The van der Waals surface area contributed by atoms with Crippen molar-refractivity contribution in [3.63, 3.8) is 0 Å². The molecule has 0 N–H and O–H groups in total. The minimum absolute atomic E-state index is 0.113. The van der Waals surface area contributed by atoms with Gasteiger partial charge in [-0.05, 0) is 43.4 Å². The first-order chi connectivity index (χ1) is 7.71. The van der Waals surface area contributed by atoms with Gasteiger partial charge in [-0.3, -0.25) is 4.79 Å². The third-order valence-corrected chi connectivity index (χ3v) is 4.29. The van der Waals surface area contributed by atoms with Crippen molar-refractivity contribution in [2.75, 3.05) is 0 Å². The fraction of sp³-hybridized carbons (Fsp3) is 0.357. The van der Waals surface area contributed by atoms with Gasteiger partial charge in [0.15, 0.2) is 5.78 Å². The molecular formula is C14H13BrO. The van der Waals surface area contributed by atoms with E-state index in [0.717, 1.165) is 35.7 Å². The molecule has 0 saturated heterocycles. The first kappa shape index (κ1) is 10.3. The van der Waals surface area contributed by atoms with Gasteiger partial charge in [-0.2, -0.15) is 0 Å². The van der Waals surface area contributed by atoms with Gasteiger partial charge in [0.1, 0.15) is 0 Å². The smallest absolute Gasteiger partial charge is 0.169 e. The van der Waals surface area contributed by atoms with Gasteiger partial charge in [0.05, 0.1) is 0 Å². The highest BCUT2D eigenvalue weighted by Gasteiger charge is 2.44.